The predicted molar refractivity (Wildman–Crippen MR) is 100 cm³/mol. The molecule has 126 valence electrons. The van der Waals surface area contributed by atoms with E-state index in [1.807, 2.05) is 35.7 Å². The van der Waals surface area contributed by atoms with E-state index in [1.165, 1.54) is 11.3 Å². The number of rotatable bonds is 6. The van der Waals surface area contributed by atoms with Gasteiger partial charge in [-0.25, -0.2) is 4.98 Å². The van der Waals surface area contributed by atoms with Crippen molar-refractivity contribution >= 4 is 21.6 Å². The number of hydrogen-bond donors (Lipinski definition) is 2. The van der Waals surface area contributed by atoms with Crippen molar-refractivity contribution in [2.45, 2.75) is 33.2 Å². The first-order valence-corrected chi connectivity index (χ1v) is 9.34. The van der Waals surface area contributed by atoms with Gasteiger partial charge < -0.3 is 10.3 Å². The molecular formula is C19H24N3OS+. The van der Waals surface area contributed by atoms with Gasteiger partial charge in [-0.15, -0.1) is 11.3 Å². The monoisotopic (exact) mass is 342 g/mol. The van der Waals surface area contributed by atoms with E-state index >= 15 is 0 Å². The minimum absolute atomic E-state index is 0.0424. The van der Waals surface area contributed by atoms with Crippen molar-refractivity contribution in [2.24, 2.45) is 5.92 Å². The van der Waals surface area contributed by atoms with Gasteiger partial charge in [-0.2, -0.15) is 0 Å². The van der Waals surface area contributed by atoms with Crippen LogP contribution in [0.1, 0.15) is 39.1 Å². The van der Waals surface area contributed by atoms with E-state index in [1.54, 1.807) is 0 Å². The summed E-state index contributed by atoms with van der Waals surface area (Å²) in [5, 5.41) is 4.97. The smallest absolute Gasteiger partial charge is 0.260 e. The number of H-pyrrole nitrogens is 1. The van der Waals surface area contributed by atoms with Gasteiger partial charge in [0, 0.05) is 10.9 Å². The highest BCUT2D eigenvalue weighted by Crippen LogP contribution is 2.30. The van der Waals surface area contributed by atoms with Crippen LogP contribution in [-0.4, -0.2) is 16.5 Å². The molecule has 2 heterocycles. The molecule has 0 saturated carbocycles. The molecule has 0 bridgehead atoms. The maximum absolute atomic E-state index is 12.6. The highest BCUT2D eigenvalue weighted by atomic mass is 32.1. The largest absolute Gasteiger partial charge is 0.338 e. The lowest BCUT2D eigenvalue weighted by Gasteiger charge is -2.11. The summed E-state index contributed by atoms with van der Waals surface area (Å²) in [4.78, 5) is 21.2. The summed E-state index contributed by atoms with van der Waals surface area (Å²) < 4.78 is 0. The summed E-state index contributed by atoms with van der Waals surface area (Å²) in [5.74, 6) is 1.45. The maximum atomic E-state index is 12.6. The fourth-order valence-electron chi connectivity index (χ4n) is 2.80. The van der Waals surface area contributed by atoms with Crippen LogP contribution in [0.2, 0.25) is 0 Å². The summed E-state index contributed by atoms with van der Waals surface area (Å²) in [6, 6.07) is 10.2. The van der Waals surface area contributed by atoms with Crippen LogP contribution in [-0.2, 0) is 0 Å². The average Bonchev–Trinajstić information content (AvgIpc) is 3.00. The Morgan fingerprint density at radius 1 is 1.21 bits per heavy atom. The lowest BCUT2D eigenvalue weighted by Crippen LogP contribution is -2.85. The molecule has 3 aromatic rings. The van der Waals surface area contributed by atoms with Crippen molar-refractivity contribution in [3.8, 4) is 11.1 Å². The molecule has 0 aliphatic rings. The Morgan fingerprint density at radius 2 is 1.96 bits per heavy atom. The molecule has 1 atom stereocenters. The van der Waals surface area contributed by atoms with Crippen LogP contribution in [0.4, 0.5) is 0 Å². The van der Waals surface area contributed by atoms with E-state index in [9.17, 15) is 4.79 Å². The molecule has 3 N–H and O–H groups in total. The summed E-state index contributed by atoms with van der Waals surface area (Å²) in [6.45, 7) is 7.58. The number of aromatic amines is 1. The fraction of sp³-hybridized carbons (Fsp3) is 0.368. The maximum Gasteiger partial charge on any atom is 0.260 e. The van der Waals surface area contributed by atoms with Crippen molar-refractivity contribution < 1.29 is 5.32 Å². The van der Waals surface area contributed by atoms with Crippen molar-refractivity contribution in [3.05, 3.63) is 51.9 Å². The predicted octanol–water partition coefficient (Wildman–Crippen LogP) is 3.32. The van der Waals surface area contributed by atoms with Gasteiger partial charge in [-0.3, -0.25) is 4.79 Å². The number of nitrogens with one attached hydrogen (secondary N) is 1. The second-order valence-corrected chi connectivity index (χ2v) is 7.50. The third-order valence-electron chi connectivity index (χ3n) is 4.24. The first kappa shape index (κ1) is 16.9. The molecule has 0 spiro atoms. The van der Waals surface area contributed by atoms with Crippen LogP contribution in [0.3, 0.4) is 0 Å². The molecule has 0 radical (unpaired) electrons. The normalized spacial score (nSPS) is 12.8. The Morgan fingerprint density at radius 3 is 2.67 bits per heavy atom. The first-order valence-electron chi connectivity index (χ1n) is 8.46. The van der Waals surface area contributed by atoms with Crippen LogP contribution in [0.15, 0.2) is 40.5 Å². The van der Waals surface area contributed by atoms with E-state index in [0.717, 1.165) is 34.7 Å². The summed E-state index contributed by atoms with van der Waals surface area (Å²) in [6.07, 6.45) is 1.16. The minimum atomic E-state index is -0.0424. The number of nitrogens with zero attached hydrogens (tertiary/aromatic N) is 1. The zero-order valence-corrected chi connectivity index (χ0v) is 15.2. The molecule has 3 rings (SSSR count). The highest BCUT2D eigenvalue weighted by Gasteiger charge is 2.17. The number of nitrogens with two attached hydrogens (primary N) is 1. The van der Waals surface area contributed by atoms with Gasteiger partial charge in [0.05, 0.1) is 11.9 Å². The molecular weight excluding hydrogens is 318 g/mol. The summed E-state index contributed by atoms with van der Waals surface area (Å²) >= 11 is 1.54. The average molecular weight is 342 g/mol. The van der Waals surface area contributed by atoms with Crippen LogP contribution < -0.4 is 10.9 Å². The number of thiophene rings is 1. The van der Waals surface area contributed by atoms with E-state index < -0.39 is 0 Å². The third-order valence-corrected chi connectivity index (χ3v) is 5.11. The minimum Gasteiger partial charge on any atom is -0.338 e. The Balaban J connectivity index is 1.91. The lowest BCUT2D eigenvalue weighted by molar-refractivity contribution is -0.694. The van der Waals surface area contributed by atoms with Crippen molar-refractivity contribution in [3.63, 3.8) is 0 Å². The molecule has 24 heavy (non-hydrogen) atoms. The molecule has 0 unspecified atom stereocenters. The molecule has 0 fully saturated rings. The van der Waals surface area contributed by atoms with E-state index in [2.05, 4.69) is 31.1 Å². The van der Waals surface area contributed by atoms with Gasteiger partial charge in [-0.05, 0) is 24.8 Å². The standard InChI is InChI=1S/C19H23N3OS/c1-12(2)9-10-20-13(3)17-21-18(23)16-15(11-24-19(16)22-17)14-7-5-4-6-8-14/h4-8,11-13,20H,9-10H2,1-3H3,(H,21,22,23)/p+1/t13-/m1/s1. The van der Waals surface area contributed by atoms with Crippen LogP contribution in [0.5, 0.6) is 0 Å². The highest BCUT2D eigenvalue weighted by molar-refractivity contribution is 7.17. The quantitative estimate of drug-likeness (QED) is 0.722. The number of quaternary nitrogens is 1. The van der Waals surface area contributed by atoms with Crippen molar-refractivity contribution in [1.29, 1.82) is 0 Å². The number of hydrogen-bond acceptors (Lipinski definition) is 3. The topological polar surface area (TPSA) is 62.4 Å². The molecule has 0 saturated heterocycles. The Hall–Kier alpha value is -1.98. The van der Waals surface area contributed by atoms with E-state index in [4.69, 9.17) is 4.98 Å². The van der Waals surface area contributed by atoms with Gasteiger partial charge in [-0.1, -0.05) is 44.2 Å². The van der Waals surface area contributed by atoms with Gasteiger partial charge >= 0.3 is 0 Å². The lowest BCUT2D eigenvalue weighted by atomic mass is 10.1. The number of fused-ring (bicyclic) bond motifs is 1. The van der Waals surface area contributed by atoms with Gasteiger partial charge in [0.1, 0.15) is 10.9 Å². The van der Waals surface area contributed by atoms with Crippen LogP contribution >= 0.6 is 11.3 Å². The molecule has 4 nitrogen and oxygen atoms in total. The van der Waals surface area contributed by atoms with Gasteiger partial charge in [0.2, 0.25) is 0 Å². The SMILES string of the molecule is CC(C)CC[NH2+][C@H](C)c1nc2scc(-c3ccccc3)c2c(=O)[nH]1. The molecule has 0 aliphatic carbocycles. The Kier molecular flexibility index (Phi) is 5.11. The third kappa shape index (κ3) is 3.57. The van der Waals surface area contributed by atoms with E-state index in [-0.39, 0.29) is 11.6 Å². The molecule has 2 aromatic heterocycles. The van der Waals surface area contributed by atoms with Crippen molar-refractivity contribution in [1.82, 2.24) is 9.97 Å². The summed E-state index contributed by atoms with van der Waals surface area (Å²) in [5.41, 5.74) is 1.98. The van der Waals surface area contributed by atoms with Gasteiger partial charge in [0.15, 0.2) is 5.82 Å². The molecule has 0 aliphatic heterocycles. The molecule has 5 heteroatoms. The Bertz CT molecular complexity index is 867. The van der Waals surface area contributed by atoms with Gasteiger partial charge in [0.25, 0.3) is 5.56 Å². The first-order chi connectivity index (χ1) is 11.6. The molecule has 0 amide bonds. The fourth-order valence-corrected chi connectivity index (χ4v) is 3.76. The zero-order chi connectivity index (χ0) is 17.1. The second-order valence-electron chi connectivity index (χ2n) is 6.64. The zero-order valence-electron chi connectivity index (χ0n) is 14.4. The second kappa shape index (κ2) is 7.28. The van der Waals surface area contributed by atoms with Crippen molar-refractivity contribution in [2.75, 3.05) is 6.54 Å². The number of benzene rings is 1. The summed E-state index contributed by atoms with van der Waals surface area (Å²) in [7, 11) is 0. The molecule has 1 aromatic carbocycles. The van der Waals surface area contributed by atoms with E-state index in [0.29, 0.717) is 11.3 Å². The Labute approximate surface area is 146 Å². The number of aromatic nitrogens is 2. The van der Waals surface area contributed by atoms with Crippen LogP contribution in [0, 0.1) is 5.92 Å². The van der Waals surface area contributed by atoms with Crippen LogP contribution in [0.25, 0.3) is 21.3 Å².